The van der Waals surface area contributed by atoms with Crippen LogP contribution in [0.3, 0.4) is 0 Å². The molecule has 4 rings (SSSR count). The third kappa shape index (κ3) is 7.39. The Labute approximate surface area is 221 Å². The number of ether oxygens (including phenoxy) is 2. The number of hydrogen-bond donors (Lipinski definition) is 2. The van der Waals surface area contributed by atoms with Gasteiger partial charge >= 0.3 is 12.1 Å². The molecule has 2 atom stereocenters. The van der Waals surface area contributed by atoms with Crippen molar-refractivity contribution in [2.24, 2.45) is 0 Å². The van der Waals surface area contributed by atoms with Gasteiger partial charge in [0, 0.05) is 23.9 Å². The molecular formula is C30H29N3O5. The fourth-order valence-electron chi connectivity index (χ4n) is 4.01. The Morgan fingerprint density at radius 1 is 0.737 bits per heavy atom. The molecule has 38 heavy (non-hydrogen) atoms. The first kappa shape index (κ1) is 26.3. The van der Waals surface area contributed by atoms with Crippen LogP contribution in [0.5, 0.6) is 0 Å². The normalized spacial score (nSPS) is 12.2. The number of para-hydroxylation sites is 1. The predicted octanol–water partition coefficient (Wildman–Crippen LogP) is 3.97. The van der Waals surface area contributed by atoms with Crippen molar-refractivity contribution in [3.05, 3.63) is 114 Å². The summed E-state index contributed by atoms with van der Waals surface area (Å²) in [5, 5.41) is 6.35. The predicted molar refractivity (Wildman–Crippen MR) is 143 cm³/mol. The molecule has 1 aromatic heterocycles. The molecule has 0 saturated heterocycles. The summed E-state index contributed by atoms with van der Waals surface area (Å²) >= 11 is 0. The van der Waals surface area contributed by atoms with Gasteiger partial charge in [-0.2, -0.15) is 0 Å². The van der Waals surface area contributed by atoms with Crippen molar-refractivity contribution in [2.75, 3.05) is 7.11 Å². The fourth-order valence-corrected chi connectivity index (χ4v) is 4.01. The van der Waals surface area contributed by atoms with Gasteiger partial charge in [-0.15, -0.1) is 0 Å². The lowest BCUT2D eigenvalue weighted by Gasteiger charge is -2.22. The van der Waals surface area contributed by atoms with E-state index >= 15 is 0 Å². The average Bonchev–Trinajstić information content (AvgIpc) is 2.96. The number of benzene rings is 3. The van der Waals surface area contributed by atoms with Gasteiger partial charge in [0.1, 0.15) is 18.7 Å². The highest BCUT2D eigenvalue weighted by Gasteiger charge is 2.28. The van der Waals surface area contributed by atoms with Gasteiger partial charge in [0.05, 0.1) is 12.6 Å². The summed E-state index contributed by atoms with van der Waals surface area (Å²) < 4.78 is 10.3. The van der Waals surface area contributed by atoms with E-state index in [-0.39, 0.29) is 19.4 Å². The number of amides is 2. The maximum atomic E-state index is 13.4. The number of pyridine rings is 1. The van der Waals surface area contributed by atoms with Gasteiger partial charge in [0.15, 0.2) is 0 Å². The number of esters is 1. The molecule has 0 bridgehead atoms. The van der Waals surface area contributed by atoms with E-state index in [9.17, 15) is 14.4 Å². The minimum absolute atomic E-state index is 0.0603. The summed E-state index contributed by atoms with van der Waals surface area (Å²) in [4.78, 5) is 43.2. The number of nitrogens with one attached hydrogen (secondary N) is 2. The third-order valence-electron chi connectivity index (χ3n) is 5.98. The van der Waals surface area contributed by atoms with E-state index < -0.39 is 30.1 Å². The molecule has 2 N–H and O–H groups in total. The zero-order chi connectivity index (χ0) is 26.7. The smallest absolute Gasteiger partial charge is 0.408 e. The summed E-state index contributed by atoms with van der Waals surface area (Å²) in [5.74, 6) is -1.15. The van der Waals surface area contributed by atoms with Gasteiger partial charge in [-0.1, -0.05) is 84.9 Å². The average molecular weight is 512 g/mol. The van der Waals surface area contributed by atoms with E-state index in [2.05, 4.69) is 15.6 Å². The van der Waals surface area contributed by atoms with Crippen LogP contribution < -0.4 is 10.6 Å². The molecule has 0 radical (unpaired) electrons. The minimum atomic E-state index is -0.999. The Hall–Kier alpha value is -4.72. The number of methoxy groups -OCH3 is 1. The number of fused-ring (bicyclic) bond motifs is 1. The maximum absolute atomic E-state index is 13.4. The van der Waals surface area contributed by atoms with Crippen molar-refractivity contribution < 1.29 is 23.9 Å². The van der Waals surface area contributed by atoms with E-state index in [0.717, 1.165) is 22.0 Å². The molecule has 0 unspecified atom stereocenters. The number of aromatic nitrogens is 1. The van der Waals surface area contributed by atoms with Crippen LogP contribution in [0.4, 0.5) is 4.79 Å². The highest BCUT2D eigenvalue weighted by Crippen LogP contribution is 2.14. The van der Waals surface area contributed by atoms with E-state index in [1.54, 1.807) is 0 Å². The number of carbonyl (C=O) groups excluding carboxylic acids is 3. The van der Waals surface area contributed by atoms with Crippen molar-refractivity contribution >= 4 is 28.9 Å². The van der Waals surface area contributed by atoms with Gasteiger partial charge < -0.3 is 20.1 Å². The number of hydrogen-bond acceptors (Lipinski definition) is 6. The largest absolute Gasteiger partial charge is 0.467 e. The molecule has 8 nitrogen and oxygen atoms in total. The monoisotopic (exact) mass is 511 g/mol. The van der Waals surface area contributed by atoms with Crippen LogP contribution >= 0.6 is 0 Å². The number of carbonyl (C=O) groups is 3. The molecule has 0 spiro atoms. The lowest BCUT2D eigenvalue weighted by atomic mass is 10.0. The molecule has 0 aliphatic carbocycles. The zero-order valence-electron chi connectivity index (χ0n) is 21.0. The van der Waals surface area contributed by atoms with Crippen LogP contribution in [-0.2, 0) is 38.5 Å². The lowest BCUT2D eigenvalue weighted by Crippen LogP contribution is -2.53. The molecule has 0 saturated carbocycles. The number of rotatable bonds is 10. The first-order valence-corrected chi connectivity index (χ1v) is 12.3. The summed E-state index contributed by atoms with van der Waals surface area (Å²) in [5.41, 5.74) is 3.06. The number of nitrogens with zero attached hydrogens (tertiary/aromatic N) is 1. The second-order valence-corrected chi connectivity index (χ2v) is 8.73. The molecule has 2 amide bonds. The Morgan fingerprint density at radius 2 is 1.39 bits per heavy atom. The highest BCUT2D eigenvalue weighted by atomic mass is 16.5. The molecule has 0 aliphatic heterocycles. The molecule has 194 valence electrons. The van der Waals surface area contributed by atoms with Crippen LogP contribution in [0.25, 0.3) is 10.9 Å². The first-order chi connectivity index (χ1) is 18.5. The van der Waals surface area contributed by atoms with Crippen molar-refractivity contribution in [1.82, 2.24) is 15.6 Å². The van der Waals surface area contributed by atoms with Crippen LogP contribution in [0.2, 0.25) is 0 Å². The first-order valence-electron chi connectivity index (χ1n) is 12.3. The van der Waals surface area contributed by atoms with Gasteiger partial charge in [0.25, 0.3) is 0 Å². The molecule has 8 heteroatoms. The molecule has 4 aromatic rings. The van der Waals surface area contributed by atoms with Gasteiger partial charge in [0.2, 0.25) is 5.91 Å². The minimum Gasteiger partial charge on any atom is -0.467 e. The fraction of sp³-hybridized carbons (Fsp3) is 0.200. The van der Waals surface area contributed by atoms with Crippen molar-refractivity contribution in [3.8, 4) is 0 Å². The molecule has 3 aromatic carbocycles. The highest BCUT2D eigenvalue weighted by molar-refractivity contribution is 5.90. The zero-order valence-corrected chi connectivity index (χ0v) is 21.0. The van der Waals surface area contributed by atoms with Gasteiger partial charge in [-0.05, 0) is 23.3 Å². The maximum Gasteiger partial charge on any atom is 0.408 e. The topological polar surface area (TPSA) is 107 Å². The van der Waals surface area contributed by atoms with Crippen molar-refractivity contribution in [1.29, 1.82) is 0 Å². The van der Waals surface area contributed by atoms with Crippen molar-refractivity contribution in [3.63, 3.8) is 0 Å². The van der Waals surface area contributed by atoms with E-state index in [0.29, 0.717) is 5.69 Å². The van der Waals surface area contributed by atoms with Crippen molar-refractivity contribution in [2.45, 2.75) is 31.5 Å². The quantitative estimate of drug-likeness (QED) is 0.312. The van der Waals surface area contributed by atoms with Gasteiger partial charge in [-0.3, -0.25) is 9.78 Å². The number of alkyl carbamates (subject to hydrolysis) is 1. The Morgan fingerprint density at radius 3 is 2.11 bits per heavy atom. The third-order valence-corrected chi connectivity index (χ3v) is 5.98. The summed E-state index contributed by atoms with van der Waals surface area (Å²) in [7, 11) is 1.26. The molecular weight excluding hydrogens is 482 g/mol. The second kappa shape index (κ2) is 13.0. The van der Waals surface area contributed by atoms with Crippen LogP contribution in [0.15, 0.2) is 97.1 Å². The SMILES string of the molecule is COC(=O)[C@H](Cc1ccc2ccccc2n1)NC(=O)[C@@H](Cc1ccccc1)NC(=O)OCc1ccccc1. The molecule has 0 aliphatic rings. The van der Waals surface area contributed by atoms with E-state index in [4.69, 9.17) is 9.47 Å². The van der Waals surface area contributed by atoms with E-state index in [1.165, 1.54) is 7.11 Å². The summed E-state index contributed by atoms with van der Waals surface area (Å²) in [6, 6.07) is 27.9. The Balaban J connectivity index is 1.48. The van der Waals surface area contributed by atoms with Gasteiger partial charge in [-0.25, -0.2) is 9.59 Å². The Kier molecular flexibility index (Phi) is 9.02. The molecule has 1 heterocycles. The van der Waals surface area contributed by atoms with Crippen LogP contribution in [-0.4, -0.2) is 42.1 Å². The standard InChI is InChI=1S/C30H29N3O5/c1-37-29(35)27(19-24-17-16-23-14-8-9-15-25(23)31-24)32-28(34)26(18-21-10-4-2-5-11-21)33-30(36)38-20-22-12-6-3-7-13-22/h2-17,26-27H,18-20H2,1H3,(H,32,34)(H,33,36)/t26-,27+/m1/s1. The summed E-state index contributed by atoms with van der Waals surface area (Å²) in [6.45, 7) is 0.0603. The second-order valence-electron chi connectivity index (χ2n) is 8.73. The van der Waals surface area contributed by atoms with Crippen LogP contribution in [0.1, 0.15) is 16.8 Å². The van der Waals surface area contributed by atoms with Crippen LogP contribution in [0, 0.1) is 0 Å². The van der Waals surface area contributed by atoms with E-state index in [1.807, 2.05) is 97.1 Å². The summed E-state index contributed by atoms with van der Waals surface area (Å²) in [6.07, 6.45) is -0.412. The Bertz CT molecular complexity index is 1380. The molecule has 0 fully saturated rings. The lowest BCUT2D eigenvalue weighted by molar-refractivity contribution is -0.145.